The van der Waals surface area contributed by atoms with E-state index in [1.54, 1.807) is 0 Å². The second kappa shape index (κ2) is 4.43. The molecule has 1 aliphatic rings. The Hall–Kier alpha value is -0.0800. The van der Waals surface area contributed by atoms with E-state index in [1.807, 2.05) is 0 Å². The fourth-order valence-corrected chi connectivity index (χ4v) is 1.61. The number of hydrogen-bond donors (Lipinski definition) is 0. The van der Waals surface area contributed by atoms with Gasteiger partial charge in [-0.3, -0.25) is 9.80 Å². The van der Waals surface area contributed by atoms with Gasteiger partial charge >= 0.3 is 0 Å². The molecule has 1 rings (SSSR count). The van der Waals surface area contributed by atoms with Crippen LogP contribution in [-0.4, -0.2) is 42.1 Å². The molecule has 1 fully saturated rings. The lowest BCUT2D eigenvalue weighted by Crippen LogP contribution is -2.46. The summed E-state index contributed by atoms with van der Waals surface area (Å²) in [6.45, 7) is 10.5. The monoisotopic (exact) mass is 184 g/mol. The van der Waals surface area contributed by atoms with Gasteiger partial charge in [-0.15, -0.1) is 0 Å². The third-order valence-electron chi connectivity index (χ3n) is 3.01. The number of piperidine rings is 1. The maximum Gasteiger partial charge on any atom is 0.0508 e. The van der Waals surface area contributed by atoms with Gasteiger partial charge in [0.15, 0.2) is 0 Å². The van der Waals surface area contributed by atoms with Crippen LogP contribution >= 0.6 is 0 Å². The highest BCUT2D eigenvalue weighted by atomic mass is 15.3. The summed E-state index contributed by atoms with van der Waals surface area (Å²) < 4.78 is 0. The molecule has 0 bridgehead atoms. The molecule has 0 aromatic heterocycles. The van der Waals surface area contributed by atoms with Crippen LogP contribution < -0.4 is 0 Å². The van der Waals surface area contributed by atoms with E-state index in [2.05, 4.69) is 37.6 Å². The molecule has 78 valence electrons. The predicted octanol–water partition coefficient (Wildman–Crippen LogP) is 2.16. The molecule has 2 nitrogen and oxygen atoms in total. The number of hydrogen-bond acceptors (Lipinski definition) is 2. The highest BCUT2D eigenvalue weighted by Gasteiger charge is 2.20. The highest BCUT2D eigenvalue weighted by Crippen LogP contribution is 2.14. The van der Waals surface area contributed by atoms with Crippen LogP contribution in [0.25, 0.3) is 0 Å². The average molecular weight is 184 g/mol. The smallest absolute Gasteiger partial charge is 0.0508 e. The van der Waals surface area contributed by atoms with Crippen LogP contribution in [0.4, 0.5) is 0 Å². The third kappa shape index (κ3) is 3.65. The molecule has 0 amide bonds. The summed E-state index contributed by atoms with van der Waals surface area (Å²) in [5.74, 6) is 0. The Kier molecular flexibility index (Phi) is 3.74. The van der Waals surface area contributed by atoms with Crippen molar-refractivity contribution in [1.29, 1.82) is 0 Å². The molecule has 0 aromatic carbocycles. The Balaban J connectivity index is 2.30. The minimum Gasteiger partial charge on any atom is -0.290 e. The Morgan fingerprint density at radius 3 is 2.08 bits per heavy atom. The van der Waals surface area contributed by atoms with Crippen molar-refractivity contribution >= 4 is 0 Å². The first kappa shape index (κ1) is 11.0. The van der Waals surface area contributed by atoms with Gasteiger partial charge in [0.1, 0.15) is 0 Å². The van der Waals surface area contributed by atoms with Crippen LogP contribution in [0.3, 0.4) is 0 Å². The van der Waals surface area contributed by atoms with E-state index in [1.165, 1.54) is 32.4 Å². The van der Waals surface area contributed by atoms with E-state index in [9.17, 15) is 0 Å². The van der Waals surface area contributed by atoms with Gasteiger partial charge in [0.2, 0.25) is 0 Å². The Morgan fingerprint density at radius 1 is 1.08 bits per heavy atom. The summed E-state index contributed by atoms with van der Waals surface area (Å²) in [5.41, 5.74) is 0.303. The van der Waals surface area contributed by atoms with Gasteiger partial charge in [-0.05, 0) is 53.8 Å². The first-order valence-corrected chi connectivity index (χ1v) is 5.44. The molecule has 0 radical (unpaired) electrons. The van der Waals surface area contributed by atoms with E-state index in [4.69, 9.17) is 0 Å². The molecule has 0 saturated carbocycles. The first-order chi connectivity index (χ1) is 6.00. The van der Waals surface area contributed by atoms with Crippen LogP contribution in [-0.2, 0) is 0 Å². The molecule has 0 spiro atoms. The van der Waals surface area contributed by atoms with Crippen LogP contribution in [0.15, 0.2) is 0 Å². The van der Waals surface area contributed by atoms with Crippen molar-refractivity contribution in [1.82, 2.24) is 9.80 Å². The fraction of sp³-hybridized carbons (Fsp3) is 1.00. The standard InChI is InChI=1S/C11H24N2/c1-11(2,3)12(4)10-13-8-6-5-7-9-13/h5-10H2,1-4H3. The van der Waals surface area contributed by atoms with Crippen molar-refractivity contribution in [2.24, 2.45) is 0 Å². The van der Waals surface area contributed by atoms with Crippen LogP contribution in [0, 0.1) is 0 Å². The van der Waals surface area contributed by atoms with Crippen molar-refractivity contribution < 1.29 is 0 Å². The second-order valence-corrected chi connectivity index (χ2v) is 5.19. The SMILES string of the molecule is CN(CN1CCCCC1)C(C)(C)C. The molecule has 0 aliphatic carbocycles. The molecule has 1 heterocycles. The summed E-state index contributed by atoms with van der Waals surface area (Å²) in [5, 5.41) is 0. The maximum atomic E-state index is 2.56. The summed E-state index contributed by atoms with van der Waals surface area (Å²) in [6.07, 6.45) is 4.20. The Labute approximate surface area is 82.9 Å². The van der Waals surface area contributed by atoms with Gasteiger partial charge in [-0.2, -0.15) is 0 Å². The number of rotatable bonds is 2. The third-order valence-corrected chi connectivity index (χ3v) is 3.01. The Bertz CT molecular complexity index is 143. The normalized spacial score (nSPS) is 21.0. The van der Waals surface area contributed by atoms with Crippen molar-refractivity contribution in [2.75, 3.05) is 26.8 Å². The molecular weight excluding hydrogens is 160 g/mol. The Morgan fingerprint density at radius 2 is 1.62 bits per heavy atom. The van der Waals surface area contributed by atoms with Crippen LogP contribution in [0.2, 0.25) is 0 Å². The zero-order valence-electron chi connectivity index (χ0n) is 9.64. The lowest BCUT2D eigenvalue weighted by atomic mass is 10.1. The minimum atomic E-state index is 0.303. The van der Waals surface area contributed by atoms with E-state index in [0.29, 0.717) is 5.54 Å². The van der Waals surface area contributed by atoms with Gasteiger partial charge in [-0.25, -0.2) is 0 Å². The lowest BCUT2D eigenvalue weighted by molar-refractivity contribution is 0.0706. The lowest BCUT2D eigenvalue weighted by Gasteiger charge is -2.37. The maximum absolute atomic E-state index is 2.56. The van der Waals surface area contributed by atoms with Gasteiger partial charge in [0, 0.05) is 5.54 Å². The van der Waals surface area contributed by atoms with Gasteiger partial charge in [0.05, 0.1) is 6.67 Å². The van der Waals surface area contributed by atoms with Crippen molar-refractivity contribution in [3.8, 4) is 0 Å². The highest BCUT2D eigenvalue weighted by molar-refractivity contribution is 4.74. The summed E-state index contributed by atoms with van der Waals surface area (Å²) in [7, 11) is 2.22. The molecule has 0 N–H and O–H groups in total. The molecule has 1 aliphatic heterocycles. The number of likely N-dealkylation sites (tertiary alicyclic amines) is 1. The van der Waals surface area contributed by atoms with E-state index in [0.717, 1.165) is 6.67 Å². The zero-order valence-corrected chi connectivity index (χ0v) is 9.64. The second-order valence-electron chi connectivity index (χ2n) is 5.19. The molecular formula is C11H24N2. The van der Waals surface area contributed by atoms with E-state index >= 15 is 0 Å². The summed E-state index contributed by atoms with van der Waals surface area (Å²) in [4.78, 5) is 4.99. The molecule has 13 heavy (non-hydrogen) atoms. The molecule has 0 atom stereocenters. The minimum absolute atomic E-state index is 0.303. The topological polar surface area (TPSA) is 6.48 Å². The average Bonchev–Trinajstić information content (AvgIpc) is 2.04. The largest absolute Gasteiger partial charge is 0.290 e. The van der Waals surface area contributed by atoms with Crippen LogP contribution in [0.1, 0.15) is 40.0 Å². The van der Waals surface area contributed by atoms with Crippen molar-refractivity contribution in [2.45, 2.75) is 45.6 Å². The summed E-state index contributed by atoms with van der Waals surface area (Å²) >= 11 is 0. The van der Waals surface area contributed by atoms with E-state index < -0.39 is 0 Å². The zero-order chi connectivity index (χ0) is 9.90. The molecule has 0 unspecified atom stereocenters. The molecule has 1 saturated heterocycles. The fourth-order valence-electron chi connectivity index (χ4n) is 1.61. The van der Waals surface area contributed by atoms with Gasteiger partial charge < -0.3 is 0 Å². The van der Waals surface area contributed by atoms with Gasteiger partial charge in [-0.1, -0.05) is 6.42 Å². The first-order valence-electron chi connectivity index (χ1n) is 5.44. The van der Waals surface area contributed by atoms with Gasteiger partial charge in [0.25, 0.3) is 0 Å². The number of nitrogens with zero attached hydrogens (tertiary/aromatic N) is 2. The molecule has 2 heteroatoms. The summed E-state index contributed by atoms with van der Waals surface area (Å²) in [6, 6.07) is 0. The quantitative estimate of drug-likeness (QED) is 0.649. The predicted molar refractivity (Wildman–Crippen MR) is 57.8 cm³/mol. The van der Waals surface area contributed by atoms with Crippen molar-refractivity contribution in [3.63, 3.8) is 0 Å². The van der Waals surface area contributed by atoms with E-state index in [-0.39, 0.29) is 0 Å². The molecule has 0 aromatic rings. The van der Waals surface area contributed by atoms with Crippen LogP contribution in [0.5, 0.6) is 0 Å². The van der Waals surface area contributed by atoms with Crippen molar-refractivity contribution in [3.05, 3.63) is 0 Å².